The van der Waals surface area contributed by atoms with Crippen LogP contribution in [0.2, 0.25) is 0 Å². The summed E-state index contributed by atoms with van der Waals surface area (Å²) in [6.45, 7) is 10.5. The molecule has 0 atom stereocenters. The second-order valence-corrected chi connectivity index (χ2v) is 10.6. The zero-order chi connectivity index (χ0) is 24.4. The minimum atomic E-state index is -0.119. The van der Waals surface area contributed by atoms with E-state index in [2.05, 4.69) is 12.2 Å². The molecule has 0 saturated heterocycles. The highest BCUT2D eigenvalue weighted by atomic mass is 32.2. The Morgan fingerprint density at radius 2 is 1.76 bits per heavy atom. The van der Waals surface area contributed by atoms with Crippen molar-refractivity contribution in [2.24, 2.45) is 0 Å². The molecule has 176 valence electrons. The maximum atomic E-state index is 13.6. The third-order valence-corrected chi connectivity index (χ3v) is 8.20. The first-order valence-corrected chi connectivity index (χ1v) is 13.1. The number of anilines is 1. The summed E-state index contributed by atoms with van der Waals surface area (Å²) in [6.07, 6.45) is 0.866. The fourth-order valence-corrected chi connectivity index (χ4v) is 5.85. The predicted octanol–water partition coefficient (Wildman–Crippen LogP) is 6.03. The van der Waals surface area contributed by atoms with Crippen molar-refractivity contribution in [3.05, 3.63) is 85.5 Å². The second-order valence-electron chi connectivity index (χ2n) is 8.61. The van der Waals surface area contributed by atoms with Gasteiger partial charge in [0.25, 0.3) is 5.56 Å². The number of aromatic nitrogens is 2. The van der Waals surface area contributed by atoms with Gasteiger partial charge in [-0.25, -0.2) is 4.98 Å². The molecule has 0 aliphatic carbocycles. The SMILES string of the molecule is CCc1sc2nc(SCC(=O)Nc3cc(C)ccc3C)n(Cc3ccc(C)cc3)c(=O)c2c1C. The summed E-state index contributed by atoms with van der Waals surface area (Å²) in [4.78, 5) is 33.1. The Bertz CT molecular complexity index is 1420. The van der Waals surface area contributed by atoms with Gasteiger partial charge in [-0.1, -0.05) is 60.6 Å². The van der Waals surface area contributed by atoms with Gasteiger partial charge in [0, 0.05) is 10.6 Å². The van der Waals surface area contributed by atoms with Crippen LogP contribution in [0.4, 0.5) is 5.69 Å². The first kappa shape index (κ1) is 24.2. The van der Waals surface area contributed by atoms with Crippen LogP contribution in [0.15, 0.2) is 52.4 Å². The van der Waals surface area contributed by atoms with Crippen molar-refractivity contribution < 1.29 is 4.79 Å². The van der Waals surface area contributed by atoms with E-state index in [0.29, 0.717) is 17.1 Å². The molecular weight excluding hydrogens is 462 g/mol. The molecule has 0 saturated carbocycles. The highest BCUT2D eigenvalue weighted by Gasteiger charge is 2.19. The maximum absolute atomic E-state index is 13.6. The van der Waals surface area contributed by atoms with Crippen LogP contribution in [-0.4, -0.2) is 21.2 Å². The summed E-state index contributed by atoms with van der Waals surface area (Å²) in [5.41, 5.74) is 6.09. The topological polar surface area (TPSA) is 64.0 Å². The fraction of sp³-hybridized carbons (Fsp3) is 0.296. The molecule has 7 heteroatoms. The Hall–Kier alpha value is -2.90. The van der Waals surface area contributed by atoms with Crippen molar-refractivity contribution in [2.45, 2.75) is 52.7 Å². The number of hydrogen-bond acceptors (Lipinski definition) is 5. The lowest BCUT2D eigenvalue weighted by Gasteiger charge is -2.13. The van der Waals surface area contributed by atoms with Gasteiger partial charge in [0.1, 0.15) is 4.83 Å². The molecule has 4 rings (SSSR count). The fourth-order valence-electron chi connectivity index (χ4n) is 3.89. The maximum Gasteiger partial charge on any atom is 0.263 e. The van der Waals surface area contributed by atoms with Crippen LogP contribution in [0.5, 0.6) is 0 Å². The van der Waals surface area contributed by atoms with Gasteiger partial charge in [-0.05, 0) is 62.4 Å². The third-order valence-electron chi connectivity index (χ3n) is 5.90. The summed E-state index contributed by atoms with van der Waals surface area (Å²) in [5, 5.41) is 4.26. The van der Waals surface area contributed by atoms with E-state index in [9.17, 15) is 9.59 Å². The third kappa shape index (κ3) is 5.10. The van der Waals surface area contributed by atoms with E-state index in [-0.39, 0.29) is 17.2 Å². The Balaban J connectivity index is 1.67. The number of nitrogens with zero attached hydrogens (tertiary/aromatic N) is 2. The van der Waals surface area contributed by atoms with E-state index in [1.165, 1.54) is 22.2 Å². The smallest absolute Gasteiger partial charge is 0.263 e. The number of nitrogens with one attached hydrogen (secondary N) is 1. The highest BCUT2D eigenvalue weighted by molar-refractivity contribution is 7.99. The van der Waals surface area contributed by atoms with E-state index in [0.717, 1.165) is 39.2 Å². The van der Waals surface area contributed by atoms with Crippen LogP contribution in [0.1, 0.15) is 39.6 Å². The van der Waals surface area contributed by atoms with E-state index in [1.807, 2.05) is 70.2 Å². The zero-order valence-electron chi connectivity index (χ0n) is 20.2. The number of aryl methyl sites for hydroxylation is 5. The second kappa shape index (κ2) is 10.2. The molecule has 2 aromatic carbocycles. The quantitative estimate of drug-likeness (QED) is 0.253. The lowest BCUT2D eigenvalue weighted by molar-refractivity contribution is -0.113. The van der Waals surface area contributed by atoms with Gasteiger partial charge >= 0.3 is 0 Å². The van der Waals surface area contributed by atoms with Gasteiger partial charge in [0.05, 0.1) is 17.7 Å². The van der Waals surface area contributed by atoms with Crippen LogP contribution in [0.25, 0.3) is 10.2 Å². The van der Waals surface area contributed by atoms with Gasteiger partial charge in [0.15, 0.2) is 5.16 Å². The summed E-state index contributed by atoms with van der Waals surface area (Å²) < 4.78 is 1.71. The molecule has 34 heavy (non-hydrogen) atoms. The van der Waals surface area contributed by atoms with Crippen LogP contribution in [-0.2, 0) is 17.8 Å². The number of thioether (sulfide) groups is 1. The zero-order valence-corrected chi connectivity index (χ0v) is 21.8. The number of rotatable bonds is 7. The van der Waals surface area contributed by atoms with Gasteiger partial charge in [0.2, 0.25) is 5.91 Å². The molecule has 0 aliphatic rings. The molecule has 2 aromatic heterocycles. The molecule has 1 amide bonds. The molecule has 0 unspecified atom stereocenters. The Labute approximate surface area is 208 Å². The van der Waals surface area contributed by atoms with E-state index in [1.54, 1.807) is 15.9 Å². The normalized spacial score (nSPS) is 11.2. The largest absolute Gasteiger partial charge is 0.325 e. The number of thiophene rings is 1. The Morgan fingerprint density at radius 1 is 1.06 bits per heavy atom. The van der Waals surface area contributed by atoms with Gasteiger partial charge in [-0.3, -0.25) is 14.2 Å². The van der Waals surface area contributed by atoms with Crippen molar-refractivity contribution in [2.75, 3.05) is 11.1 Å². The number of amides is 1. The highest BCUT2D eigenvalue weighted by Crippen LogP contribution is 2.30. The van der Waals surface area contributed by atoms with E-state index >= 15 is 0 Å². The van der Waals surface area contributed by atoms with Crippen molar-refractivity contribution in [3.8, 4) is 0 Å². The first-order valence-electron chi connectivity index (χ1n) is 11.3. The lowest BCUT2D eigenvalue weighted by atomic mass is 10.1. The monoisotopic (exact) mass is 491 g/mol. The molecule has 0 bridgehead atoms. The number of hydrogen-bond donors (Lipinski definition) is 1. The number of carbonyl (C=O) groups excluding carboxylic acids is 1. The number of benzene rings is 2. The number of carbonyl (C=O) groups is 1. The van der Waals surface area contributed by atoms with E-state index in [4.69, 9.17) is 4.98 Å². The first-order chi connectivity index (χ1) is 16.3. The minimum absolute atomic E-state index is 0.0449. The van der Waals surface area contributed by atoms with Crippen LogP contribution in [0.3, 0.4) is 0 Å². The average molecular weight is 492 g/mol. The number of fused-ring (bicyclic) bond motifs is 1. The summed E-state index contributed by atoms with van der Waals surface area (Å²) in [6, 6.07) is 14.1. The van der Waals surface area contributed by atoms with Gasteiger partial charge in [-0.2, -0.15) is 0 Å². The van der Waals surface area contributed by atoms with Crippen LogP contribution in [0, 0.1) is 27.7 Å². The molecule has 0 aliphatic heterocycles. The molecule has 1 N–H and O–H groups in total. The summed E-state index contributed by atoms with van der Waals surface area (Å²) in [5.74, 6) is 0.0519. The van der Waals surface area contributed by atoms with Crippen molar-refractivity contribution >= 4 is 44.9 Å². The van der Waals surface area contributed by atoms with Crippen molar-refractivity contribution in [1.82, 2.24) is 9.55 Å². The predicted molar refractivity (Wildman–Crippen MR) is 144 cm³/mol. The van der Waals surface area contributed by atoms with Gasteiger partial charge < -0.3 is 5.32 Å². The Morgan fingerprint density at radius 3 is 2.47 bits per heavy atom. The standard InChI is InChI=1S/C27H29N3O2S2/c1-6-22-19(5)24-25(34-22)29-27(30(26(24)32)14-20-11-8-16(2)9-12-20)33-15-23(31)28-21-13-17(3)7-10-18(21)4/h7-13H,6,14-15H2,1-5H3,(H,28,31). The molecule has 0 radical (unpaired) electrons. The molecule has 4 aromatic rings. The van der Waals surface area contributed by atoms with Crippen LogP contribution < -0.4 is 10.9 Å². The summed E-state index contributed by atoms with van der Waals surface area (Å²) in [7, 11) is 0. The van der Waals surface area contributed by atoms with E-state index < -0.39 is 0 Å². The average Bonchev–Trinajstić information content (AvgIpc) is 3.13. The van der Waals surface area contributed by atoms with Gasteiger partial charge in [-0.15, -0.1) is 11.3 Å². The van der Waals surface area contributed by atoms with Crippen LogP contribution >= 0.6 is 23.1 Å². The summed E-state index contributed by atoms with van der Waals surface area (Å²) >= 11 is 2.88. The minimum Gasteiger partial charge on any atom is -0.325 e. The molecule has 2 heterocycles. The van der Waals surface area contributed by atoms with Crippen molar-refractivity contribution in [3.63, 3.8) is 0 Å². The molecule has 5 nitrogen and oxygen atoms in total. The van der Waals surface area contributed by atoms with Crippen molar-refractivity contribution in [1.29, 1.82) is 0 Å². The molecule has 0 spiro atoms. The molecule has 0 fully saturated rings. The lowest BCUT2D eigenvalue weighted by Crippen LogP contribution is -2.25. The Kier molecular flexibility index (Phi) is 7.24. The molecular formula is C27H29N3O2S2.